The molecule has 0 atom stereocenters. The number of ether oxygens (including phenoxy) is 1. The third-order valence-electron chi connectivity index (χ3n) is 3.37. The molecule has 1 saturated heterocycles. The van der Waals surface area contributed by atoms with E-state index in [1.807, 2.05) is 0 Å². The number of carbonyl (C=O) groups is 2. The first-order valence-corrected chi connectivity index (χ1v) is 7.01. The lowest BCUT2D eigenvalue weighted by Crippen LogP contribution is -2.50. The monoisotopic (exact) mass is 292 g/mol. The van der Waals surface area contributed by atoms with Crippen molar-refractivity contribution < 1.29 is 14.3 Å². The van der Waals surface area contributed by atoms with Gasteiger partial charge in [-0.25, -0.2) is 4.79 Å². The zero-order chi connectivity index (χ0) is 15.2. The Balaban J connectivity index is 1.92. The van der Waals surface area contributed by atoms with E-state index in [0.717, 1.165) is 5.56 Å². The van der Waals surface area contributed by atoms with Gasteiger partial charge in [-0.1, -0.05) is 6.07 Å². The van der Waals surface area contributed by atoms with Crippen molar-refractivity contribution >= 4 is 12.0 Å². The molecule has 2 amide bonds. The van der Waals surface area contributed by atoms with Crippen LogP contribution in [0.5, 0.6) is 0 Å². The van der Waals surface area contributed by atoms with Crippen LogP contribution in [0.25, 0.3) is 0 Å². The Morgan fingerprint density at radius 2 is 1.90 bits per heavy atom. The van der Waals surface area contributed by atoms with E-state index in [0.29, 0.717) is 45.0 Å². The van der Waals surface area contributed by atoms with E-state index in [2.05, 4.69) is 4.98 Å². The van der Waals surface area contributed by atoms with Gasteiger partial charge >= 0.3 is 6.09 Å². The molecule has 2 N–H and O–H groups in total. The molecule has 0 spiro atoms. The summed E-state index contributed by atoms with van der Waals surface area (Å²) < 4.78 is 4.95. The minimum absolute atomic E-state index is 0.123. The lowest BCUT2D eigenvalue weighted by molar-refractivity contribution is 0.0566. The van der Waals surface area contributed by atoms with Crippen LogP contribution < -0.4 is 5.73 Å². The zero-order valence-electron chi connectivity index (χ0n) is 12.1. The van der Waals surface area contributed by atoms with Crippen molar-refractivity contribution in [2.75, 3.05) is 32.8 Å². The van der Waals surface area contributed by atoms with Crippen molar-refractivity contribution in [1.82, 2.24) is 14.8 Å². The summed E-state index contributed by atoms with van der Waals surface area (Å²) in [5.74, 6) is -0.123. The summed E-state index contributed by atoms with van der Waals surface area (Å²) in [6.45, 7) is 4.45. The van der Waals surface area contributed by atoms with E-state index in [4.69, 9.17) is 10.5 Å². The lowest BCUT2D eigenvalue weighted by Gasteiger charge is -2.33. The van der Waals surface area contributed by atoms with Crippen LogP contribution in [0.3, 0.4) is 0 Å². The molecular formula is C14H20N4O3. The highest BCUT2D eigenvalue weighted by molar-refractivity contribution is 5.92. The third kappa shape index (κ3) is 3.69. The maximum Gasteiger partial charge on any atom is 0.409 e. The number of carbonyl (C=O) groups excluding carboxylic acids is 2. The Hall–Kier alpha value is -2.15. The predicted molar refractivity (Wildman–Crippen MR) is 76.6 cm³/mol. The summed E-state index contributed by atoms with van der Waals surface area (Å²) in [7, 11) is 0. The molecule has 0 saturated carbocycles. The van der Waals surface area contributed by atoms with Crippen LogP contribution in [0.15, 0.2) is 18.3 Å². The number of rotatable bonds is 3. The number of amides is 2. The van der Waals surface area contributed by atoms with Gasteiger partial charge in [0.2, 0.25) is 0 Å². The molecule has 1 fully saturated rings. The number of pyridine rings is 1. The van der Waals surface area contributed by atoms with Gasteiger partial charge in [0.25, 0.3) is 5.91 Å². The van der Waals surface area contributed by atoms with Crippen LogP contribution in [-0.4, -0.2) is 59.6 Å². The van der Waals surface area contributed by atoms with E-state index in [1.54, 1.807) is 35.1 Å². The fourth-order valence-electron chi connectivity index (χ4n) is 2.14. The first kappa shape index (κ1) is 15.2. The van der Waals surface area contributed by atoms with Crippen molar-refractivity contribution in [2.45, 2.75) is 13.5 Å². The summed E-state index contributed by atoms with van der Waals surface area (Å²) in [5.41, 5.74) is 6.79. The highest BCUT2D eigenvalue weighted by Crippen LogP contribution is 2.09. The standard InChI is InChI=1S/C14H20N4O3/c1-2-21-14(20)18-7-5-17(6-8-18)13(19)12-4-3-11(9-15)10-16-12/h3-4,10H,2,5-9,15H2,1H3. The zero-order valence-corrected chi connectivity index (χ0v) is 12.1. The van der Waals surface area contributed by atoms with Crippen LogP contribution in [0.4, 0.5) is 4.79 Å². The molecule has 7 heteroatoms. The Labute approximate surface area is 123 Å². The van der Waals surface area contributed by atoms with Crippen molar-refractivity contribution in [3.8, 4) is 0 Å². The second kappa shape index (κ2) is 7.03. The molecule has 21 heavy (non-hydrogen) atoms. The second-order valence-electron chi connectivity index (χ2n) is 4.73. The van der Waals surface area contributed by atoms with Crippen LogP contribution in [0.2, 0.25) is 0 Å². The van der Waals surface area contributed by atoms with Crippen molar-refractivity contribution in [1.29, 1.82) is 0 Å². The van der Waals surface area contributed by atoms with Gasteiger partial charge in [-0.05, 0) is 18.6 Å². The molecule has 1 aliphatic rings. The van der Waals surface area contributed by atoms with Gasteiger partial charge in [0.15, 0.2) is 0 Å². The fraction of sp³-hybridized carbons (Fsp3) is 0.500. The second-order valence-corrected chi connectivity index (χ2v) is 4.73. The molecule has 0 unspecified atom stereocenters. The Morgan fingerprint density at radius 1 is 1.24 bits per heavy atom. The first-order valence-electron chi connectivity index (χ1n) is 7.01. The summed E-state index contributed by atoms with van der Waals surface area (Å²) in [4.78, 5) is 31.3. The van der Waals surface area contributed by atoms with Crippen LogP contribution in [0, 0.1) is 0 Å². The van der Waals surface area contributed by atoms with Gasteiger partial charge in [-0.2, -0.15) is 0 Å². The largest absolute Gasteiger partial charge is 0.450 e. The summed E-state index contributed by atoms with van der Waals surface area (Å²) in [6, 6.07) is 3.48. The minimum atomic E-state index is -0.324. The Kier molecular flexibility index (Phi) is 5.10. The van der Waals surface area contributed by atoms with Crippen LogP contribution in [0.1, 0.15) is 23.0 Å². The molecule has 2 rings (SSSR count). The molecule has 0 radical (unpaired) electrons. The average Bonchev–Trinajstić information content (AvgIpc) is 2.54. The van der Waals surface area contributed by atoms with Crippen molar-refractivity contribution in [3.05, 3.63) is 29.6 Å². The van der Waals surface area contributed by atoms with Crippen LogP contribution in [-0.2, 0) is 11.3 Å². The lowest BCUT2D eigenvalue weighted by atomic mass is 10.2. The number of hydrogen-bond donors (Lipinski definition) is 1. The van der Waals surface area contributed by atoms with Crippen LogP contribution >= 0.6 is 0 Å². The molecule has 1 aliphatic heterocycles. The Bertz CT molecular complexity index is 495. The van der Waals surface area contributed by atoms with Gasteiger partial charge in [0, 0.05) is 38.9 Å². The van der Waals surface area contributed by atoms with E-state index in [9.17, 15) is 9.59 Å². The number of hydrogen-bond acceptors (Lipinski definition) is 5. The number of nitrogens with zero attached hydrogens (tertiary/aromatic N) is 3. The number of aromatic nitrogens is 1. The number of piperazine rings is 1. The van der Waals surface area contributed by atoms with Gasteiger partial charge in [0.05, 0.1) is 6.61 Å². The Morgan fingerprint density at radius 3 is 2.43 bits per heavy atom. The molecule has 2 heterocycles. The highest BCUT2D eigenvalue weighted by atomic mass is 16.6. The molecule has 1 aromatic rings. The smallest absolute Gasteiger partial charge is 0.409 e. The molecule has 114 valence electrons. The normalized spacial score (nSPS) is 15.0. The molecule has 0 bridgehead atoms. The SMILES string of the molecule is CCOC(=O)N1CCN(C(=O)c2ccc(CN)cn2)CC1. The van der Waals surface area contributed by atoms with Crippen molar-refractivity contribution in [2.24, 2.45) is 5.73 Å². The maximum atomic E-state index is 12.3. The molecule has 0 aliphatic carbocycles. The highest BCUT2D eigenvalue weighted by Gasteiger charge is 2.25. The summed E-state index contributed by atoms with van der Waals surface area (Å²) >= 11 is 0. The van der Waals surface area contributed by atoms with Gasteiger partial charge in [0.1, 0.15) is 5.69 Å². The number of nitrogens with two attached hydrogens (primary N) is 1. The molecule has 7 nitrogen and oxygen atoms in total. The van der Waals surface area contributed by atoms with E-state index >= 15 is 0 Å². The summed E-state index contributed by atoms with van der Waals surface area (Å²) in [5, 5.41) is 0. The van der Waals surface area contributed by atoms with E-state index in [-0.39, 0.29) is 12.0 Å². The van der Waals surface area contributed by atoms with Gasteiger partial charge < -0.3 is 20.3 Å². The maximum absolute atomic E-state index is 12.3. The summed E-state index contributed by atoms with van der Waals surface area (Å²) in [6.07, 6.45) is 1.29. The molecular weight excluding hydrogens is 272 g/mol. The van der Waals surface area contributed by atoms with Gasteiger partial charge in [-0.3, -0.25) is 9.78 Å². The average molecular weight is 292 g/mol. The first-order chi connectivity index (χ1) is 10.2. The predicted octanol–water partition coefficient (Wildman–Crippen LogP) is 0.455. The van der Waals surface area contributed by atoms with E-state index in [1.165, 1.54) is 0 Å². The minimum Gasteiger partial charge on any atom is -0.450 e. The van der Waals surface area contributed by atoms with E-state index < -0.39 is 0 Å². The van der Waals surface area contributed by atoms with Crippen molar-refractivity contribution in [3.63, 3.8) is 0 Å². The van der Waals surface area contributed by atoms with Gasteiger partial charge in [-0.15, -0.1) is 0 Å². The molecule has 1 aromatic heterocycles. The topological polar surface area (TPSA) is 88.8 Å². The fourth-order valence-corrected chi connectivity index (χ4v) is 2.14. The third-order valence-corrected chi connectivity index (χ3v) is 3.37. The quantitative estimate of drug-likeness (QED) is 0.874. The molecule has 0 aromatic carbocycles.